The molecule has 0 aliphatic carbocycles. The Balaban J connectivity index is 1.74. The molecule has 3 heteroatoms. The first kappa shape index (κ1) is 13.9. The highest BCUT2D eigenvalue weighted by atomic mass is 79.9. The predicted molar refractivity (Wildman–Crippen MR) is 81.0 cm³/mol. The highest BCUT2D eigenvalue weighted by Gasteiger charge is 1.97. The summed E-state index contributed by atoms with van der Waals surface area (Å²) in [5.74, 6) is 1.73. The smallest absolute Gasteiger partial charge is 0.122 e. The second-order valence-corrected chi connectivity index (χ2v) is 5.07. The molecular formula is C16H17BrO2. The molecule has 0 spiro atoms. The minimum absolute atomic E-state index is 0.534. The van der Waals surface area contributed by atoms with Crippen LogP contribution in [0.2, 0.25) is 0 Å². The topological polar surface area (TPSA) is 18.5 Å². The van der Waals surface area contributed by atoms with Crippen LogP contribution in [-0.2, 0) is 6.42 Å². The summed E-state index contributed by atoms with van der Waals surface area (Å²) in [4.78, 5) is 0. The third kappa shape index (κ3) is 4.60. The van der Waals surface area contributed by atoms with Crippen LogP contribution in [-0.4, -0.2) is 13.2 Å². The van der Waals surface area contributed by atoms with E-state index in [9.17, 15) is 0 Å². The Morgan fingerprint density at radius 1 is 0.895 bits per heavy atom. The number of halogens is 1. The number of hydrogen-bond acceptors (Lipinski definition) is 2. The van der Waals surface area contributed by atoms with Gasteiger partial charge in [-0.2, -0.15) is 0 Å². The Morgan fingerprint density at radius 2 is 1.58 bits per heavy atom. The average Bonchev–Trinajstić information content (AvgIpc) is 2.44. The van der Waals surface area contributed by atoms with E-state index >= 15 is 0 Å². The minimum atomic E-state index is 0.534. The van der Waals surface area contributed by atoms with Gasteiger partial charge in [-0.1, -0.05) is 41.1 Å². The van der Waals surface area contributed by atoms with E-state index in [4.69, 9.17) is 9.47 Å². The quantitative estimate of drug-likeness (QED) is 0.731. The first-order valence-electron chi connectivity index (χ1n) is 6.38. The van der Waals surface area contributed by atoms with E-state index in [2.05, 4.69) is 35.0 Å². The lowest BCUT2D eigenvalue weighted by Crippen LogP contribution is -2.08. The lowest BCUT2D eigenvalue weighted by molar-refractivity contribution is 0.217. The van der Waals surface area contributed by atoms with Crippen molar-refractivity contribution in [2.75, 3.05) is 13.2 Å². The Morgan fingerprint density at radius 3 is 2.21 bits per heavy atom. The molecule has 0 amide bonds. The molecule has 0 bridgehead atoms. The van der Waals surface area contributed by atoms with Gasteiger partial charge >= 0.3 is 0 Å². The van der Waals surface area contributed by atoms with Crippen molar-refractivity contribution >= 4 is 15.9 Å². The van der Waals surface area contributed by atoms with Gasteiger partial charge in [0.25, 0.3) is 0 Å². The van der Waals surface area contributed by atoms with Gasteiger partial charge in [0.05, 0.1) is 0 Å². The number of aryl methyl sites for hydroxylation is 1. The van der Waals surface area contributed by atoms with Crippen LogP contribution < -0.4 is 9.47 Å². The standard InChI is InChI=1S/C16H17BrO2/c1-2-13-6-8-15(9-7-13)18-10-11-19-16-5-3-4-14(17)12-16/h3-9,12H,2,10-11H2,1H3. The van der Waals surface area contributed by atoms with Gasteiger partial charge in [-0.25, -0.2) is 0 Å². The zero-order chi connectivity index (χ0) is 13.5. The van der Waals surface area contributed by atoms with Crippen molar-refractivity contribution < 1.29 is 9.47 Å². The van der Waals surface area contributed by atoms with Gasteiger partial charge in [-0.05, 0) is 42.3 Å². The molecule has 0 radical (unpaired) electrons. The molecule has 19 heavy (non-hydrogen) atoms. The van der Waals surface area contributed by atoms with Gasteiger partial charge in [0.15, 0.2) is 0 Å². The fourth-order valence-corrected chi connectivity index (χ4v) is 2.08. The number of hydrogen-bond donors (Lipinski definition) is 0. The molecule has 0 saturated heterocycles. The van der Waals surface area contributed by atoms with Gasteiger partial charge in [0.1, 0.15) is 24.7 Å². The molecule has 0 atom stereocenters. The van der Waals surface area contributed by atoms with Crippen LogP contribution in [0.1, 0.15) is 12.5 Å². The van der Waals surface area contributed by atoms with Crippen molar-refractivity contribution in [2.45, 2.75) is 13.3 Å². The van der Waals surface area contributed by atoms with Gasteiger partial charge in [0, 0.05) is 4.47 Å². The predicted octanol–water partition coefficient (Wildman–Crippen LogP) is 4.47. The molecule has 0 aliphatic rings. The Hall–Kier alpha value is -1.48. The van der Waals surface area contributed by atoms with E-state index in [-0.39, 0.29) is 0 Å². The van der Waals surface area contributed by atoms with Gasteiger partial charge in [-0.15, -0.1) is 0 Å². The third-order valence-corrected chi connectivity index (χ3v) is 3.24. The normalized spacial score (nSPS) is 10.2. The molecule has 0 saturated carbocycles. The zero-order valence-electron chi connectivity index (χ0n) is 10.9. The second-order valence-electron chi connectivity index (χ2n) is 4.15. The molecule has 0 fully saturated rings. The Labute approximate surface area is 122 Å². The van der Waals surface area contributed by atoms with Gasteiger partial charge in [-0.3, -0.25) is 0 Å². The van der Waals surface area contributed by atoms with Crippen molar-refractivity contribution in [3.63, 3.8) is 0 Å². The summed E-state index contributed by atoms with van der Waals surface area (Å²) in [5.41, 5.74) is 1.32. The summed E-state index contributed by atoms with van der Waals surface area (Å²) in [6.07, 6.45) is 1.05. The van der Waals surface area contributed by atoms with Gasteiger partial charge in [0.2, 0.25) is 0 Å². The summed E-state index contributed by atoms with van der Waals surface area (Å²) in [7, 11) is 0. The van der Waals surface area contributed by atoms with E-state index in [0.29, 0.717) is 13.2 Å². The van der Waals surface area contributed by atoms with Crippen LogP contribution in [0.4, 0.5) is 0 Å². The molecule has 0 aliphatic heterocycles. The maximum atomic E-state index is 5.62. The number of ether oxygens (including phenoxy) is 2. The zero-order valence-corrected chi connectivity index (χ0v) is 12.5. The summed E-state index contributed by atoms with van der Waals surface area (Å²) < 4.78 is 12.2. The Kier molecular flexibility index (Phi) is 5.28. The SMILES string of the molecule is CCc1ccc(OCCOc2cccc(Br)c2)cc1. The largest absolute Gasteiger partial charge is 0.490 e. The van der Waals surface area contributed by atoms with Crippen LogP contribution in [0, 0.1) is 0 Å². The summed E-state index contributed by atoms with van der Waals surface area (Å²) in [6, 6.07) is 16.0. The second kappa shape index (κ2) is 7.19. The van der Waals surface area contributed by atoms with Crippen LogP contribution in [0.5, 0.6) is 11.5 Å². The third-order valence-electron chi connectivity index (χ3n) is 2.75. The molecule has 0 heterocycles. The highest BCUT2D eigenvalue weighted by molar-refractivity contribution is 9.10. The molecule has 2 aromatic carbocycles. The maximum Gasteiger partial charge on any atom is 0.122 e. The summed E-state index contributed by atoms with van der Waals surface area (Å²) in [5, 5.41) is 0. The van der Waals surface area contributed by atoms with E-state index < -0.39 is 0 Å². The van der Waals surface area contributed by atoms with E-state index in [0.717, 1.165) is 22.4 Å². The minimum Gasteiger partial charge on any atom is -0.490 e. The lowest BCUT2D eigenvalue weighted by atomic mass is 10.2. The van der Waals surface area contributed by atoms with Crippen LogP contribution >= 0.6 is 15.9 Å². The summed E-state index contributed by atoms with van der Waals surface area (Å²) in [6.45, 7) is 3.21. The molecule has 2 aromatic rings. The highest BCUT2D eigenvalue weighted by Crippen LogP contribution is 2.17. The van der Waals surface area contributed by atoms with Crippen molar-refractivity contribution in [3.05, 3.63) is 58.6 Å². The van der Waals surface area contributed by atoms with Crippen LogP contribution in [0.15, 0.2) is 53.0 Å². The first-order chi connectivity index (χ1) is 9.28. The lowest BCUT2D eigenvalue weighted by Gasteiger charge is -2.09. The number of rotatable bonds is 6. The maximum absolute atomic E-state index is 5.62. The molecule has 0 N–H and O–H groups in total. The van der Waals surface area contributed by atoms with E-state index in [1.807, 2.05) is 36.4 Å². The molecule has 0 aromatic heterocycles. The first-order valence-corrected chi connectivity index (χ1v) is 7.17. The molecule has 2 rings (SSSR count). The van der Waals surface area contributed by atoms with Crippen molar-refractivity contribution in [1.82, 2.24) is 0 Å². The van der Waals surface area contributed by atoms with Crippen LogP contribution in [0.25, 0.3) is 0 Å². The van der Waals surface area contributed by atoms with Crippen molar-refractivity contribution in [3.8, 4) is 11.5 Å². The van der Waals surface area contributed by atoms with Gasteiger partial charge < -0.3 is 9.47 Å². The van der Waals surface area contributed by atoms with E-state index in [1.165, 1.54) is 5.56 Å². The van der Waals surface area contributed by atoms with E-state index in [1.54, 1.807) is 0 Å². The molecule has 2 nitrogen and oxygen atoms in total. The average molecular weight is 321 g/mol. The fraction of sp³-hybridized carbons (Fsp3) is 0.250. The molecular weight excluding hydrogens is 304 g/mol. The molecule has 100 valence electrons. The van der Waals surface area contributed by atoms with Crippen molar-refractivity contribution in [2.24, 2.45) is 0 Å². The van der Waals surface area contributed by atoms with Crippen LogP contribution in [0.3, 0.4) is 0 Å². The number of benzene rings is 2. The van der Waals surface area contributed by atoms with Crippen molar-refractivity contribution in [1.29, 1.82) is 0 Å². The Bertz CT molecular complexity index is 508. The summed E-state index contributed by atoms with van der Waals surface area (Å²) >= 11 is 3.41. The fourth-order valence-electron chi connectivity index (χ4n) is 1.70. The monoisotopic (exact) mass is 320 g/mol. The molecule has 0 unspecified atom stereocenters.